The first-order valence-electron chi connectivity index (χ1n) is 9.09. The maximum Gasteiger partial charge on any atom is 0.325 e. The minimum absolute atomic E-state index is 0.166. The second kappa shape index (κ2) is 8.43. The Hall–Kier alpha value is -2.24. The Kier molecular flexibility index (Phi) is 6.01. The molecule has 2 aromatic rings. The van der Waals surface area contributed by atoms with Gasteiger partial charge in [0.05, 0.1) is 12.7 Å². The van der Waals surface area contributed by atoms with E-state index in [-0.39, 0.29) is 6.10 Å². The summed E-state index contributed by atoms with van der Waals surface area (Å²) in [4.78, 5) is 18.1. The van der Waals surface area contributed by atoms with Crippen LogP contribution in [0.1, 0.15) is 41.1 Å². The molecule has 3 rings (SSSR count). The van der Waals surface area contributed by atoms with Crippen molar-refractivity contribution in [2.75, 3.05) is 13.1 Å². The normalized spacial score (nSPS) is 17.2. The van der Waals surface area contributed by atoms with Crippen LogP contribution >= 0.6 is 0 Å². The molecular weight excluding hydrogens is 328 g/mol. The van der Waals surface area contributed by atoms with Crippen LogP contribution in [0.5, 0.6) is 0 Å². The molecule has 0 radical (unpaired) electrons. The van der Waals surface area contributed by atoms with Crippen molar-refractivity contribution in [1.82, 2.24) is 9.88 Å². The lowest BCUT2D eigenvalue weighted by Gasteiger charge is -2.36. The molecule has 0 amide bonds. The number of pyridine rings is 1. The number of benzene rings is 1. The number of nitrogens with zero attached hydrogens (tertiary/aromatic N) is 2. The zero-order valence-electron chi connectivity index (χ0n) is 15.4. The Balaban J connectivity index is 1.61. The molecule has 2 heterocycles. The first-order chi connectivity index (χ1) is 12.6. The molecule has 1 aromatic heterocycles. The van der Waals surface area contributed by atoms with Gasteiger partial charge in [-0.15, -0.1) is 0 Å². The van der Waals surface area contributed by atoms with Crippen molar-refractivity contribution < 1.29 is 14.6 Å². The first kappa shape index (κ1) is 18.5. The van der Waals surface area contributed by atoms with Gasteiger partial charge in [-0.2, -0.15) is 0 Å². The van der Waals surface area contributed by atoms with Gasteiger partial charge in [0, 0.05) is 25.5 Å². The Morgan fingerprint density at radius 2 is 2.04 bits per heavy atom. The lowest BCUT2D eigenvalue weighted by molar-refractivity contribution is -0.145. The summed E-state index contributed by atoms with van der Waals surface area (Å²) in [5, 5.41) is 9.83. The highest BCUT2D eigenvalue weighted by Crippen LogP contribution is 2.29. The summed E-state index contributed by atoms with van der Waals surface area (Å²) in [5.41, 5.74) is 4.15. The number of aliphatic carboxylic acids is 1. The highest BCUT2D eigenvalue weighted by atomic mass is 16.5. The van der Waals surface area contributed by atoms with Crippen LogP contribution in [0.3, 0.4) is 0 Å². The summed E-state index contributed by atoms with van der Waals surface area (Å²) in [5.74, 6) is -0.784. The molecule has 1 aromatic carbocycles. The summed E-state index contributed by atoms with van der Waals surface area (Å²) in [7, 11) is 0. The molecule has 26 heavy (non-hydrogen) atoms. The summed E-state index contributed by atoms with van der Waals surface area (Å²) < 4.78 is 5.99. The molecule has 0 saturated carbocycles. The Morgan fingerprint density at radius 1 is 1.27 bits per heavy atom. The van der Waals surface area contributed by atoms with Gasteiger partial charge in [-0.3, -0.25) is 14.7 Å². The number of aryl methyl sites for hydroxylation is 1. The van der Waals surface area contributed by atoms with Gasteiger partial charge >= 0.3 is 5.97 Å². The molecule has 0 unspecified atom stereocenters. The molecule has 1 atom stereocenters. The fraction of sp³-hybridized carbons (Fsp3) is 0.429. The first-order valence-corrected chi connectivity index (χ1v) is 9.09. The summed E-state index contributed by atoms with van der Waals surface area (Å²) in [6.07, 6.45) is 5.42. The van der Waals surface area contributed by atoms with E-state index in [0.29, 0.717) is 6.61 Å². The van der Waals surface area contributed by atoms with E-state index in [1.807, 2.05) is 50.4 Å². The van der Waals surface area contributed by atoms with Gasteiger partial charge in [-0.25, -0.2) is 0 Å². The molecule has 1 fully saturated rings. The summed E-state index contributed by atoms with van der Waals surface area (Å²) >= 11 is 0. The number of carboxylic acids is 1. The number of ether oxygens (including phenoxy) is 1. The molecule has 5 nitrogen and oxygen atoms in total. The van der Waals surface area contributed by atoms with Crippen molar-refractivity contribution in [2.45, 2.75) is 45.4 Å². The van der Waals surface area contributed by atoms with Crippen LogP contribution in [-0.2, 0) is 16.1 Å². The van der Waals surface area contributed by atoms with E-state index >= 15 is 0 Å². The lowest BCUT2D eigenvalue weighted by Crippen LogP contribution is -2.42. The maximum absolute atomic E-state index is 12.0. The number of carboxylic acid groups (broad SMARTS) is 1. The predicted octanol–water partition coefficient (Wildman–Crippen LogP) is 3.51. The third-order valence-corrected chi connectivity index (χ3v) is 5.23. The largest absolute Gasteiger partial charge is 0.480 e. The van der Waals surface area contributed by atoms with Crippen molar-refractivity contribution in [2.24, 2.45) is 0 Å². The van der Waals surface area contributed by atoms with Crippen LogP contribution in [0.4, 0.5) is 0 Å². The van der Waals surface area contributed by atoms with Crippen molar-refractivity contribution >= 4 is 5.97 Å². The number of carbonyl (C=O) groups is 1. The highest BCUT2D eigenvalue weighted by Gasteiger charge is 2.32. The fourth-order valence-corrected chi connectivity index (χ4v) is 3.55. The molecule has 1 aliphatic rings. The van der Waals surface area contributed by atoms with Gasteiger partial charge in [0.1, 0.15) is 6.04 Å². The second-order valence-corrected chi connectivity index (χ2v) is 6.94. The van der Waals surface area contributed by atoms with Gasteiger partial charge in [0.15, 0.2) is 0 Å². The second-order valence-electron chi connectivity index (χ2n) is 6.94. The molecule has 0 spiro atoms. The molecular formula is C21H26N2O3. The number of piperidine rings is 1. The zero-order chi connectivity index (χ0) is 18.5. The van der Waals surface area contributed by atoms with E-state index in [4.69, 9.17) is 4.74 Å². The molecule has 0 aliphatic carbocycles. The Morgan fingerprint density at radius 3 is 2.69 bits per heavy atom. The predicted molar refractivity (Wildman–Crippen MR) is 99.9 cm³/mol. The lowest BCUT2D eigenvalue weighted by atomic mass is 9.94. The molecule has 0 bridgehead atoms. The molecule has 1 saturated heterocycles. The third-order valence-electron chi connectivity index (χ3n) is 5.23. The maximum atomic E-state index is 12.0. The van der Waals surface area contributed by atoms with Crippen LogP contribution in [0.15, 0.2) is 42.7 Å². The Bertz CT molecular complexity index is 740. The fourth-order valence-electron chi connectivity index (χ4n) is 3.55. The highest BCUT2D eigenvalue weighted by molar-refractivity contribution is 5.76. The quantitative estimate of drug-likeness (QED) is 0.860. The van der Waals surface area contributed by atoms with Gasteiger partial charge in [-0.1, -0.05) is 24.3 Å². The summed E-state index contributed by atoms with van der Waals surface area (Å²) in [6, 6.07) is 9.22. The molecule has 1 N–H and O–H groups in total. The van der Waals surface area contributed by atoms with E-state index in [0.717, 1.165) is 48.2 Å². The van der Waals surface area contributed by atoms with E-state index in [9.17, 15) is 9.90 Å². The van der Waals surface area contributed by atoms with Crippen LogP contribution in [-0.4, -0.2) is 40.2 Å². The summed E-state index contributed by atoms with van der Waals surface area (Å²) in [6.45, 7) is 6.03. The van der Waals surface area contributed by atoms with E-state index in [1.54, 1.807) is 6.20 Å². The third kappa shape index (κ3) is 4.29. The van der Waals surface area contributed by atoms with Crippen LogP contribution < -0.4 is 0 Å². The van der Waals surface area contributed by atoms with E-state index in [2.05, 4.69) is 9.88 Å². The van der Waals surface area contributed by atoms with Gasteiger partial charge in [0.25, 0.3) is 0 Å². The number of hydrogen-bond acceptors (Lipinski definition) is 4. The average Bonchev–Trinajstić information content (AvgIpc) is 2.65. The minimum atomic E-state index is -0.784. The van der Waals surface area contributed by atoms with Crippen molar-refractivity contribution in [3.63, 3.8) is 0 Å². The number of aromatic nitrogens is 1. The topological polar surface area (TPSA) is 62.7 Å². The van der Waals surface area contributed by atoms with Gasteiger partial charge < -0.3 is 9.84 Å². The molecule has 138 valence electrons. The van der Waals surface area contributed by atoms with Crippen LogP contribution in [0.25, 0.3) is 0 Å². The monoisotopic (exact) mass is 354 g/mol. The van der Waals surface area contributed by atoms with Crippen LogP contribution in [0.2, 0.25) is 0 Å². The minimum Gasteiger partial charge on any atom is -0.480 e. The number of likely N-dealkylation sites (tertiary alicyclic amines) is 1. The van der Waals surface area contributed by atoms with Crippen molar-refractivity contribution in [1.29, 1.82) is 0 Å². The Labute approximate surface area is 154 Å². The van der Waals surface area contributed by atoms with Crippen molar-refractivity contribution in [3.8, 4) is 0 Å². The van der Waals surface area contributed by atoms with Crippen LogP contribution in [0, 0.1) is 13.8 Å². The van der Waals surface area contributed by atoms with Gasteiger partial charge in [-0.05, 0) is 55.0 Å². The zero-order valence-corrected chi connectivity index (χ0v) is 15.4. The van der Waals surface area contributed by atoms with Crippen molar-refractivity contribution in [3.05, 3.63) is 65.0 Å². The number of hydrogen-bond donors (Lipinski definition) is 1. The molecule has 1 aliphatic heterocycles. The van der Waals surface area contributed by atoms with E-state index in [1.165, 1.54) is 0 Å². The SMILES string of the molecule is Cc1cccc([C@@H](C(=O)O)N2CCC(OCc3cccnc3)CC2)c1C. The van der Waals surface area contributed by atoms with Gasteiger partial charge in [0.2, 0.25) is 0 Å². The average molecular weight is 354 g/mol. The standard InChI is InChI=1S/C21H26N2O3/c1-15-5-3-7-19(16(15)2)20(21(24)25)23-11-8-18(9-12-23)26-14-17-6-4-10-22-13-17/h3-7,10,13,18,20H,8-9,11-12,14H2,1-2H3,(H,24,25)/t20-/m0/s1. The number of rotatable bonds is 6. The smallest absolute Gasteiger partial charge is 0.325 e. The molecule has 5 heteroatoms. The van der Waals surface area contributed by atoms with E-state index < -0.39 is 12.0 Å².